The highest BCUT2D eigenvalue weighted by atomic mass is 32.2. The Morgan fingerprint density at radius 1 is 1.13 bits per heavy atom. The number of nitrogens with one attached hydrogen (secondary N) is 1. The first-order chi connectivity index (χ1) is 14.9. The van der Waals surface area contributed by atoms with E-state index in [-0.39, 0.29) is 29.2 Å². The van der Waals surface area contributed by atoms with Crippen LogP contribution in [0.25, 0.3) is 0 Å². The number of carbonyl (C=O) groups is 1. The van der Waals surface area contributed by atoms with Crippen molar-refractivity contribution in [2.75, 3.05) is 22.2 Å². The van der Waals surface area contributed by atoms with Gasteiger partial charge in [0.15, 0.2) is 15.0 Å². The molecule has 1 unspecified atom stereocenters. The summed E-state index contributed by atoms with van der Waals surface area (Å²) in [5, 5.41) is 0.698. The van der Waals surface area contributed by atoms with Gasteiger partial charge >= 0.3 is 0 Å². The minimum atomic E-state index is -3.10. The molecule has 162 valence electrons. The monoisotopic (exact) mass is 455 g/mol. The van der Waals surface area contributed by atoms with E-state index in [1.165, 1.54) is 17.3 Å². The molecule has 0 spiro atoms. The van der Waals surface area contributed by atoms with Gasteiger partial charge in [0.2, 0.25) is 5.91 Å². The van der Waals surface area contributed by atoms with Crippen LogP contribution in [-0.2, 0) is 21.1 Å². The Morgan fingerprint density at radius 3 is 2.45 bits per heavy atom. The largest absolute Gasteiger partial charge is 0.337 e. The summed E-state index contributed by atoms with van der Waals surface area (Å²) >= 11 is 1.35. The molecule has 1 fully saturated rings. The van der Waals surface area contributed by atoms with Gasteiger partial charge in [-0.1, -0.05) is 60.3 Å². The van der Waals surface area contributed by atoms with Gasteiger partial charge in [-0.3, -0.25) is 4.79 Å². The molecule has 0 saturated carbocycles. The van der Waals surface area contributed by atoms with Crippen molar-refractivity contribution in [3.8, 4) is 0 Å². The topological polar surface area (TPSA) is 83.1 Å². The number of aromatic amines is 1. The molecule has 2 aromatic carbocycles. The number of thioether (sulfide) groups is 1. The molecule has 1 amide bonds. The van der Waals surface area contributed by atoms with E-state index >= 15 is 0 Å². The van der Waals surface area contributed by atoms with Crippen molar-refractivity contribution >= 4 is 33.2 Å². The normalized spacial score (nSPS) is 17.5. The predicted molar refractivity (Wildman–Crippen MR) is 124 cm³/mol. The maximum absolute atomic E-state index is 13.2. The standard InChI is InChI=1S/C23H25N3O3S2/c1-17-21(14-18-8-4-2-5-9-18)25-23(24-17)30-15-22(27)26(19-10-6-3-7-11-19)20-12-13-31(28,29)16-20/h2-11,20H,12-16H2,1H3,(H,24,25). The Bertz CT molecular complexity index is 1150. The van der Waals surface area contributed by atoms with Crippen LogP contribution in [0.5, 0.6) is 0 Å². The lowest BCUT2D eigenvalue weighted by atomic mass is 10.1. The number of imidazole rings is 1. The summed E-state index contributed by atoms with van der Waals surface area (Å²) in [7, 11) is -3.10. The van der Waals surface area contributed by atoms with E-state index in [0.717, 1.165) is 23.5 Å². The summed E-state index contributed by atoms with van der Waals surface area (Å²) < 4.78 is 24.0. The molecule has 1 aliphatic heterocycles. The quantitative estimate of drug-likeness (QED) is 0.550. The van der Waals surface area contributed by atoms with E-state index < -0.39 is 9.84 Å². The first-order valence-electron chi connectivity index (χ1n) is 10.2. The van der Waals surface area contributed by atoms with Crippen LogP contribution in [0.2, 0.25) is 0 Å². The zero-order valence-electron chi connectivity index (χ0n) is 17.3. The van der Waals surface area contributed by atoms with Crippen molar-refractivity contribution in [3.05, 3.63) is 77.6 Å². The van der Waals surface area contributed by atoms with Crippen molar-refractivity contribution in [2.24, 2.45) is 0 Å². The van der Waals surface area contributed by atoms with Gasteiger partial charge in [0, 0.05) is 17.8 Å². The van der Waals surface area contributed by atoms with Gasteiger partial charge in [-0.05, 0) is 31.0 Å². The summed E-state index contributed by atoms with van der Waals surface area (Å²) in [6.45, 7) is 1.98. The number of hydrogen-bond acceptors (Lipinski definition) is 5. The average molecular weight is 456 g/mol. The third-order valence-corrected chi connectivity index (χ3v) is 8.00. The predicted octanol–water partition coefficient (Wildman–Crippen LogP) is 3.62. The van der Waals surface area contributed by atoms with E-state index in [9.17, 15) is 13.2 Å². The molecule has 0 radical (unpaired) electrons. The van der Waals surface area contributed by atoms with Crippen molar-refractivity contribution in [1.82, 2.24) is 9.97 Å². The van der Waals surface area contributed by atoms with Crippen molar-refractivity contribution < 1.29 is 13.2 Å². The molecule has 1 atom stereocenters. The Labute approximate surface area is 187 Å². The Hall–Kier alpha value is -2.58. The second kappa shape index (κ2) is 9.28. The molecular weight excluding hydrogens is 430 g/mol. The molecule has 1 N–H and O–H groups in total. The number of amides is 1. The zero-order valence-corrected chi connectivity index (χ0v) is 19.0. The first kappa shape index (κ1) is 21.6. The van der Waals surface area contributed by atoms with Crippen molar-refractivity contribution in [2.45, 2.75) is 31.0 Å². The van der Waals surface area contributed by atoms with Crippen LogP contribution in [0.15, 0.2) is 65.8 Å². The highest BCUT2D eigenvalue weighted by Gasteiger charge is 2.35. The van der Waals surface area contributed by atoms with E-state index in [1.54, 1.807) is 4.90 Å². The molecule has 2 heterocycles. The number of anilines is 1. The second-order valence-electron chi connectivity index (χ2n) is 7.72. The van der Waals surface area contributed by atoms with E-state index in [4.69, 9.17) is 0 Å². The third kappa shape index (κ3) is 5.37. The van der Waals surface area contributed by atoms with Gasteiger partial charge in [0.1, 0.15) is 0 Å². The van der Waals surface area contributed by atoms with Crippen LogP contribution in [0.1, 0.15) is 23.4 Å². The molecule has 0 aliphatic carbocycles. The maximum atomic E-state index is 13.2. The number of rotatable bonds is 7. The fourth-order valence-electron chi connectivity index (χ4n) is 3.82. The summed E-state index contributed by atoms with van der Waals surface area (Å²) in [5.74, 6) is 0.210. The number of H-pyrrole nitrogens is 1. The zero-order chi connectivity index (χ0) is 21.8. The number of para-hydroxylation sites is 1. The fraction of sp³-hybridized carbons (Fsp3) is 0.304. The molecular formula is C23H25N3O3S2. The number of aryl methyl sites for hydroxylation is 1. The Morgan fingerprint density at radius 2 is 1.81 bits per heavy atom. The van der Waals surface area contributed by atoms with Crippen LogP contribution >= 0.6 is 11.8 Å². The van der Waals surface area contributed by atoms with Crippen LogP contribution in [0.3, 0.4) is 0 Å². The number of benzene rings is 2. The average Bonchev–Trinajstić information content (AvgIpc) is 3.29. The highest BCUT2D eigenvalue weighted by Crippen LogP contribution is 2.27. The molecule has 31 heavy (non-hydrogen) atoms. The van der Waals surface area contributed by atoms with Crippen LogP contribution in [0.4, 0.5) is 5.69 Å². The Balaban J connectivity index is 1.46. The van der Waals surface area contributed by atoms with Crippen molar-refractivity contribution in [3.63, 3.8) is 0 Å². The maximum Gasteiger partial charge on any atom is 0.237 e. The molecule has 0 bridgehead atoms. The minimum Gasteiger partial charge on any atom is -0.337 e. The highest BCUT2D eigenvalue weighted by molar-refractivity contribution is 7.99. The number of aromatic nitrogens is 2. The van der Waals surface area contributed by atoms with Gasteiger partial charge in [-0.25, -0.2) is 13.4 Å². The second-order valence-corrected chi connectivity index (χ2v) is 10.9. The summed E-state index contributed by atoms with van der Waals surface area (Å²) in [6, 6.07) is 19.1. The van der Waals surface area contributed by atoms with Gasteiger partial charge in [-0.2, -0.15) is 0 Å². The third-order valence-electron chi connectivity index (χ3n) is 5.39. The van der Waals surface area contributed by atoms with Crippen molar-refractivity contribution in [1.29, 1.82) is 0 Å². The van der Waals surface area contributed by atoms with Crippen LogP contribution in [0, 0.1) is 6.92 Å². The lowest BCUT2D eigenvalue weighted by molar-refractivity contribution is -0.116. The van der Waals surface area contributed by atoms with Gasteiger partial charge in [-0.15, -0.1) is 0 Å². The summed E-state index contributed by atoms with van der Waals surface area (Å²) in [4.78, 5) is 22.8. The summed E-state index contributed by atoms with van der Waals surface area (Å²) in [5.41, 5.74) is 3.86. The van der Waals surface area contributed by atoms with E-state index in [2.05, 4.69) is 22.1 Å². The number of hydrogen-bond donors (Lipinski definition) is 1. The minimum absolute atomic E-state index is 0.0133. The van der Waals surface area contributed by atoms with Crippen LogP contribution < -0.4 is 4.90 Å². The Kier molecular flexibility index (Phi) is 6.48. The van der Waals surface area contributed by atoms with Gasteiger partial charge in [0.05, 0.1) is 29.0 Å². The number of nitrogens with zero attached hydrogens (tertiary/aromatic N) is 2. The van der Waals surface area contributed by atoms with Gasteiger partial charge < -0.3 is 9.88 Å². The molecule has 3 aromatic rings. The van der Waals surface area contributed by atoms with Crippen LogP contribution in [-0.4, -0.2) is 47.6 Å². The SMILES string of the molecule is Cc1[nH]c(SCC(=O)N(c2ccccc2)C2CCS(=O)(=O)C2)nc1Cc1ccccc1. The lowest BCUT2D eigenvalue weighted by Crippen LogP contribution is -2.42. The number of carbonyl (C=O) groups excluding carboxylic acids is 1. The summed E-state index contributed by atoms with van der Waals surface area (Å²) in [6.07, 6.45) is 1.20. The molecule has 4 rings (SSSR count). The first-order valence-corrected chi connectivity index (χ1v) is 13.0. The fourth-order valence-corrected chi connectivity index (χ4v) is 6.32. The molecule has 6 nitrogen and oxygen atoms in total. The molecule has 1 aliphatic rings. The molecule has 1 saturated heterocycles. The lowest BCUT2D eigenvalue weighted by Gasteiger charge is -2.28. The van der Waals surface area contributed by atoms with E-state index in [1.807, 2.05) is 55.5 Å². The smallest absolute Gasteiger partial charge is 0.237 e. The van der Waals surface area contributed by atoms with Gasteiger partial charge in [0.25, 0.3) is 0 Å². The molecule has 1 aromatic heterocycles. The molecule has 8 heteroatoms. The number of sulfone groups is 1. The van der Waals surface area contributed by atoms with E-state index in [0.29, 0.717) is 11.6 Å².